The van der Waals surface area contributed by atoms with Crippen molar-refractivity contribution in [1.82, 2.24) is 5.32 Å². The first-order chi connectivity index (χ1) is 11.3. The fourth-order valence-corrected chi connectivity index (χ4v) is 4.08. The number of rotatable bonds is 12. The molecule has 0 unspecified atom stereocenters. The van der Waals surface area contributed by atoms with Gasteiger partial charge in [0.25, 0.3) is 0 Å². The van der Waals surface area contributed by atoms with E-state index in [1.165, 1.54) is 5.56 Å². The molecule has 0 fully saturated rings. The van der Waals surface area contributed by atoms with Crippen LogP contribution in [0.3, 0.4) is 0 Å². The lowest BCUT2D eigenvalue weighted by Gasteiger charge is -2.26. The second kappa shape index (κ2) is 14.6. The van der Waals surface area contributed by atoms with Crippen LogP contribution in [0.1, 0.15) is 12.0 Å². The largest absolute Gasteiger partial charge is 0.500 e. The molecule has 6 heteroatoms. The maximum absolute atomic E-state index is 5.98. The Morgan fingerprint density at radius 3 is 2.30 bits per heavy atom. The van der Waals surface area contributed by atoms with E-state index in [1.54, 1.807) is 14.2 Å². The molecule has 0 atom stereocenters. The minimum atomic E-state index is -2.53. The molecule has 0 aliphatic carbocycles. The Bertz CT molecular complexity index is 375. The molecule has 0 heterocycles. The van der Waals surface area contributed by atoms with E-state index < -0.39 is 8.80 Å². The molecule has 0 saturated heterocycles. The SMILES string of the molecule is C=C.CO[Si](CCCNCCN)(OC)OCCc1ccccc1. The summed E-state index contributed by atoms with van der Waals surface area (Å²) in [5.74, 6) is 0. The van der Waals surface area contributed by atoms with E-state index in [-0.39, 0.29) is 0 Å². The highest BCUT2D eigenvalue weighted by atomic mass is 28.4. The van der Waals surface area contributed by atoms with Gasteiger partial charge in [-0.05, 0) is 24.9 Å². The summed E-state index contributed by atoms with van der Waals surface area (Å²) in [6.45, 7) is 9.02. The van der Waals surface area contributed by atoms with Crippen LogP contribution in [0.2, 0.25) is 6.04 Å². The molecule has 0 aromatic heterocycles. The lowest BCUT2D eigenvalue weighted by Crippen LogP contribution is -2.44. The van der Waals surface area contributed by atoms with E-state index in [9.17, 15) is 0 Å². The van der Waals surface area contributed by atoms with Crippen molar-refractivity contribution < 1.29 is 13.3 Å². The van der Waals surface area contributed by atoms with Crippen molar-refractivity contribution >= 4 is 8.80 Å². The van der Waals surface area contributed by atoms with Crippen LogP contribution in [0.5, 0.6) is 0 Å². The first-order valence-electron chi connectivity index (χ1n) is 7.95. The molecule has 132 valence electrons. The molecule has 0 radical (unpaired) electrons. The first kappa shape index (κ1) is 22.0. The number of hydrogen-bond donors (Lipinski definition) is 2. The van der Waals surface area contributed by atoms with Gasteiger partial charge in [0.1, 0.15) is 0 Å². The van der Waals surface area contributed by atoms with E-state index in [2.05, 4.69) is 30.6 Å². The van der Waals surface area contributed by atoms with Gasteiger partial charge in [-0.25, -0.2) is 0 Å². The van der Waals surface area contributed by atoms with E-state index in [4.69, 9.17) is 19.0 Å². The summed E-state index contributed by atoms with van der Waals surface area (Å²) < 4.78 is 17.1. The number of benzene rings is 1. The van der Waals surface area contributed by atoms with E-state index >= 15 is 0 Å². The summed E-state index contributed by atoms with van der Waals surface area (Å²) in [7, 11) is 0.816. The third-order valence-corrected chi connectivity index (χ3v) is 6.19. The summed E-state index contributed by atoms with van der Waals surface area (Å²) in [6, 6.07) is 11.1. The highest BCUT2D eigenvalue weighted by Crippen LogP contribution is 2.16. The Kier molecular flexibility index (Phi) is 13.9. The lowest BCUT2D eigenvalue weighted by molar-refractivity contribution is 0.0988. The maximum atomic E-state index is 5.98. The van der Waals surface area contributed by atoms with Crippen molar-refractivity contribution in [3.63, 3.8) is 0 Å². The minimum absolute atomic E-state index is 0.619. The number of hydrogen-bond acceptors (Lipinski definition) is 5. The zero-order valence-electron chi connectivity index (χ0n) is 14.6. The normalized spacial score (nSPS) is 10.9. The summed E-state index contributed by atoms with van der Waals surface area (Å²) in [6.07, 6.45) is 1.83. The summed E-state index contributed by atoms with van der Waals surface area (Å²) in [5, 5.41) is 3.27. The van der Waals surface area contributed by atoms with Gasteiger partial charge < -0.3 is 24.3 Å². The van der Waals surface area contributed by atoms with E-state index in [0.717, 1.165) is 32.0 Å². The molecule has 3 N–H and O–H groups in total. The molecule has 0 aliphatic rings. The van der Waals surface area contributed by atoms with Crippen molar-refractivity contribution in [2.24, 2.45) is 5.73 Å². The van der Waals surface area contributed by atoms with Gasteiger partial charge in [-0.3, -0.25) is 0 Å². The smallest absolute Gasteiger partial charge is 0.377 e. The highest BCUT2D eigenvalue weighted by Gasteiger charge is 2.38. The van der Waals surface area contributed by atoms with E-state index in [1.807, 2.05) is 18.2 Å². The zero-order valence-corrected chi connectivity index (χ0v) is 15.6. The average molecular weight is 341 g/mol. The third-order valence-electron chi connectivity index (χ3n) is 3.34. The molecule has 1 rings (SSSR count). The van der Waals surface area contributed by atoms with Gasteiger partial charge in [0.05, 0.1) is 0 Å². The summed E-state index contributed by atoms with van der Waals surface area (Å²) in [5.41, 5.74) is 6.70. The molecule has 0 bridgehead atoms. The molecule has 1 aromatic carbocycles. The van der Waals surface area contributed by atoms with Crippen molar-refractivity contribution in [3.8, 4) is 0 Å². The molecule has 0 aliphatic heterocycles. The second-order valence-corrected chi connectivity index (χ2v) is 7.79. The van der Waals surface area contributed by atoms with Crippen LogP contribution >= 0.6 is 0 Å². The maximum Gasteiger partial charge on any atom is 0.500 e. The number of nitrogens with two attached hydrogens (primary N) is 1. The molecule has 0 amide bonds. The van der Waals surface area contributed by atoms with Gasteiger partial charge >= 0.3 is 8.80 Å². The Morgan fingerprint density at radius 1 is 1.09 bits per heavy atom. The third kappa shape index (κ3) is 9.65. The van der Waals surface area contributed by atoms with Crippen molar-refractivity contribution in [1.29, 1.82) is 0 Å². The van der Waals surface area contributed by atoms with Crippen LogP contribution in [-0.2, 0) is 19.7 Å². The average Bonchev–Trinajstić information content (AvgIpc) is 2.63. The molecule has 0 saturated carbocycles. The van der Waals surface area contributed by atoms with Crippen molar-refractivity contribution in [2.45, 2.75) is 18.9 Å². The highest BCUT2D eigenvalue weighted by molar-refractivity contribution is 6.60. The molecular weight excluding hydrogens is 308 g/mol. The lowest BCUT2D eigenvalue weighted by atomic mass is 10.2. The van der Waals surface area contributed by atoms with Gasteiger partial charge in [0, 0.05) is 40.0 Å². The van der Waals surface area contributed by atoms with Crippen LogP contribution in [0.15, 0.2) is 43.5 Å². The molecule has 0 spiro atoms. The van der Waals surface area contributed by atoms with Gasteiger partial charge in [0.15, 0.2) is 0 Å². The van der Waals surface area contributed by atoms with Gasteiger partial charge in [0.2, 0.25) is 0 Å². The van der Waals surface area contributed by atoms with Gasteiger partial charge in [-0.15, -0.1) is 13.2 Å². The molecule has 23 heavy (non-hydrogen) atoms. The van der Waals surface area contributed by atoms with Gasteiger partial charge in [-0.2, -0.15) is 0 Å². The van der Waals surface area contributed by atoms with Crippen molar-refractivity contribution in [3.05, 3.63) is 49.1 Å². The van der Waals surface area contributed by atoms with Crippen LogP contribution < -0.4 is 11.1 Å². The Morgan fingerprint density at radius 2 is 1.74 bits per heavy atom. The molecule has 5 nitrogen and oxygen atoms in total. The Balaban J connectivity index is 0.00000232. The standard InChI is InChI=1S/C15H28N2O3Si.C2H4/c1-18-21(19-2,14-6-11-17-12-10-16)20-13-9-15-7-4-3-5-8-15;1-2/h3-5,7-8,17H,6,9-14,16H2,1-2H3;1-2H2. The van der Waals surface area contributed by atoms with Crippen LogP contribution in [-0.4, -0.2) is 49.3 Å². The molecule has 1 aromatic rings. The Hall–Kier alpha value is -1.02. The molecular formula is C17H32N2O3Si. The minimum Gasteiger partial charge on any atom is -0.377 e. The second-order valence-electron chi connectivity index (χ2n) is 4.82. The van der Waals surface area contributed by atoms with E-state index in [0.29, 0.717) is 13.2 Å². The van der Waals surface area contributed by atoms with Crippen LogP contribution in [0.25, 0.3) is 0 Å². The predicted molar refractivity (Wildman–Crippen MR) is 98.5 cm³/mol. The number of nitrogens with one attached hydrogen (secondary N) is 1. The first-order valence-corrected chi connectivity index (χ1v) is 9.88. The summed E-state index contributed by atoms with van der Waals surface area (Å²) in [4.78, 5) is 0. The predicted octanol–water partition coefficient (Wildman–Crippen LogP) is 2.22. The van der Waals surface area contributed by atoms with Crippen LogP contribution in [0.4, 0.5) is 0 Å². The quantitative estimate of drug-likeness (QED) is 0.347. The topological polar surface area (TPSA) is 65.7 Å². The Labute approximate surface area is 142 Å². The zero-order chi connectivity index (χ0) is 17.4. The van der Waals surface area contributed by atoms with Crippen LogP contribution in [0, 0.1) is 0 Å². The fourth-order valence-electron chi connectivity index (χ4n) is 2.10. The van der Waals surface area contributed by atoms with Gasteiger partial charge in [-0.1, -0.05) is 30.3 Å². The summed E-state index contributed by atoms with van der Waals surface area (Å²) >= 11 is 0. The van der Waals surface area contributed by atoms with Crippen molar-refractivity contribution in [2.75, 3.05) is 40.5 Å². The monoisotopic (exact) mass is 340 g/mol. The fraction of sp³-hybridized carbons (Fsp3) is 0.529.